The fourth-order valence-corrected chi connectivity index (χ4v) is 2.74. The van der Waals surface area contributed by atoms with Crippen molar-refractivity contribution in [1.29, 1.82) is 0 Å². The standard InChI is InChI=1S/C12H23N3O/c1-13-9-4-6-10(7-5-9)15-12(16)11-3-2-8-14-11/h9-11,13-14H,2-8H2,1H3,(H,15,16). The second-order valence-electron chi connectivity index (χ2n) is 4.99. The Morgan fingerprint density at radius 2 is 1.81 bits per heavy atom. The molecule has 1 amide bonds. The van der Waals surface area contributed by atoms with Crippen LogP contribution in [0, 0.1) is 0 Å². The predicted molar refractivity (Wildman–Crippen MR) is 64.3 cm³/mol. The van der Waals surface area contributed by atoms with Crippen molar-refractivity contribution in [3.63, 3.8) is 0 Å². The first-order valence-corrected chi connectivity index (χ1v) is 6.50. The summed E-state index contributed by atoms with van der Waals surface area (Å²) in [5.41, 5.74) is 0. The number of hydrogen-bond acceptors (Lipinski definition) is 3. The van der Waals surface area contributed by atoms with Gasteiger partial charge in [0.1, 0.15) is 0 Å². The lowest BCUT2D eigenvalue weighted by Gasteiger charge is -2.29. The van der Waals surface area contributed by atoms with E-state index in [1.807, 2.05) is 7.05 Å². The maximum absolute atomic E-state index is 11.9. The lowest BCUT2D eigenvalue weighted by molar-refractivity contribution is -0.123. The first-order valence-electron chi connectivity index (χ1n) is 6.50. The number of carbonyl (C=O) groups is 1. The largest absolute Gasteiger partial charge is 0.352 e. The molecule has 1 aliphatic heterocycles. The van der Waals surface area contributed by atoms with Crippen LogP contribution in [0.1, 0.15) is 38.5 Å². The molecule has 0 aromatic rings. The molecule has 2 aliphatic rings. The van der Waals surface area contributed by atoms with Crippen LogP contribution < -0.4 is 16.0 Å². The molecule has 1 atom stereocenters. The second-order valence-corrected chi connectivity index (χ2v) is 4.99. The highest BCUT2D eigenvalue weighted by Gasteiger charge is 2.26. The van der Waals surface area contributed by atoms with Crippen molar-refractivity contribution in [1.82, 2.24) is 16.0 Å². The van der Waals surface area contributed by atoms with E-state index in [-0.39, 0.29) is 11.9 Å². The molecule has 4 heteroatoms. The van der Waals surface area contributed by atoms with Gasteiger partial charge in [-0.2, -0.15) is 0 Å². The highest BCUT2D eigenvalue weighted by atomic mass is 16.2. The van der Waals surface area contributed by atoms with Crippen molar-refractivity contribution in [3.05, 3.63) is 0 Å². The summed E-state index contributed by atoms with van der Waals surface area (Å²) in [4.78, 5) is 11.9. The van der Waals surface area contributed by atoms with Crippen LogP contribution in [0.2, 0.25) is 0 Å². The average molecular weight is 225 g/mol. The minimum atomic E-state index is 0.0713. The predicted octanol–water partition coefficient (Wildman–Crippen LogP) is 0.385. The Morgan fingerprint density at radius 3 is 2.38 bits per heavy atom. The number of nitrogens with one attached hydrogen (secondary N) is 3. The van der Waals surface area contributed by atoms with Crippen molar-refractivity contribution < 1.29 is 4.79 Å². The molecule has 2 rings (SSSR count). The van der Waals surface area contributed by atoms with Crippen LogP contribution in [0.25, 0.3) is 0 Å². The smallest absolute Gasteiger partial charge is 0.237 e. The Labute approximate surface area is 97.6 Å². The van der Waals surface area contributed by atoms with Gasteiger partial charge in [-0.05, 0) is 52.1 Å². The SMILES string of the molecule is CNC1CCC(NC(=O)C2CCCN2)CC1. The highest BCUT2D eigenvalue weighted by Crippen LogP contribution is 2.18. The molecule has 1 saturated carbocycles. The van der Waals surface area contributed by atoms with Crippen molar-refractivity contribution in [2.24, 2.45) is 0 Å². The molecule has 0 bridgehead atoms. The van der Waals surface area contributed by atoms with E-state index >= 15 is 0 Å². The van der Waals surface area contributed by atoms with E-state index in [2.05, 4.69) is 16.0 Å². The highest BCUT2D eigenvalue weighted by molar-refractivity contribution is 5.82. The average Bonchev–Trinajstić information content (AvgIpc) is 2.83. The molecule has 0 radical (unpaired) electrons. The summed E-state index contributed by atoms with van der Waals surface area (Å²) in [7, 11) is 2.02. The number of carbonyl (C=O) groups excluding carboxylic acids is 1. The van der Waals surface area contributed by atoms with E-state index in [0.717, 1.165) is 32.2 Å². The van der Waals surface area contributed by atoms with Crippen molar-refractivity contribution >= 4 is 5.91 Å². The van der Waals surface area contributed by atoms with Gasteiger partial charge in [0.2, 0.25) is 5.91 Å². The third-order valence-electron chi connectivity index (χ3n) is 3.86. The Kier molecular flexibility index (Phi) is 4.18. The minimum Gasteiger partial charge on any atom is -0.352 e. The molecular weight excluding hydrogens is 202 g/mol. The Bertz CT molecular complexity index is 230. The van der Waals surface area contributed by atoms with Gasteiger partial charge < -0.3 is 16.0 Å². The molecule has 16 heavy (non-hydrogen) atoms. The molecule has 1 saturated heterocycles. The molecule has 4 nitrogen and oxygen atoms in total. The van der Waals surface area contributed by atoms with Crippen molar-refractivity contribution in [2.75, 3.05) is 13.6 Å². The van der Waals surface area contributed by atoms with Crippen LogP contribution in [0.3, 0.4) is 0 Å². The molecule has 2 fully saturated rings. The summed E-state index contributed by atoms with van der Waals surface area (Å²) >= 11 is 0. The lowest BCUT2D eigenvalue weighted by Crippen LogP contribution is -2.47. The van der Waals surface area contributed by atoms with Gasteiger partial charge in [0, 0.05) is 12.1 Å². The normalized spacial score (nSPS) is 34.9. The van der Waals surface area contributed by atoms with Gasteiger partial charge >= 0.3 is 0 Å². The number of rotatable bonds is 3. The second kappa shape index (κ2) is 5.64. The van der Waals surface area contributed by atoms with Gasteiger partial charge in [-0.1, -0.05) is 0 Å². The summed E-state index contributed by atoms with van der Waals surface area (Å²) in [6.45, 7) is 0.991. The lowest BCUT2D eigenvalue weighted by atomic mass is 9.91. The van der Waals surface area contributed by atoms with Crippen LogP contribution >= 0.6 is 0 Å². The summed E-state index contributed by atoms with van der Waals surface area (Å²) < 4.78 is 0. The number of hydrogen-bond donors (Lipinski definition) is 3. The summed E-state index contributed by atoms with van der Waals surface area (Å²) in [6, 6.07) is 1.12. The first kappa shape index (κ1) is 11.9. The quantitative estimate of drug-likeness (QED) is 0.651. The summed E-state index contributed by atoms with van der Waals surface area (Å²) in [5, 5.41) is 9.73. The van der Waals surface area contributed by atoms with Gasteiger partial charge in [0.15, 0.2) is 0 Å². The summed E-state index contributed by atoms with van der Waals surface area (Å²) in [5.74, 6) is 0.213. The van der Waals surface area contributed by atoms with E-state index in [9.17, 15) is 4.79 Å². The van der Waals surface area contributed by atoms with E-state index in [1.54, 1.807) is 0 Å². The van der Waals surface area contributed by atoms with Gasteiger partial charge in [-0.25, -0.2) is 0 Å². The van der Waals surface area contributed by atoms with Crippen LogP contribution in [0.5, 0.6) is 0 Å². The molecular formula is C12H23N3O. The maximum Gasteiger partial charge on any atom is 0.237 e. The molecule has 0 spiro atoms. The topological polar surface area (TPSA) is 53.2 Å². The molecule has 3 N–H and O–H groups in total. The van der Waals surface area contributed by atoms with E-state index < -0.39 is 0 Å². The fraction of sp³-hybridized carbons (Fsp3) is 0.917. The van der Waals surface area contributed by atoms with E-state index in [0.29, 0.717) is 12.1 Å². The van der Waals surface area contributed by atoms with Gasteiger partial charge in [-0.15, -0.1) is 0 Å². The van der Waals surface area contributed by atoms with Crippen LogP contribution in [0.15, 0.2) is 0 Å². The monoisotopic (exact) mass is 225 g/mol. The third-order valence-corrected chi connectivity index (χ3v) is 3.86. The molecule has 0 aromatic carbocycles. The van der Waals surface area contributed by atoms with Gasteiger partial charge in [0.05, 0.1) is 6.04 Å². The number of amides is 1. The van der Waals surface area contributed by atoms with E-state index in [1.165, 1.54) is 12.8 Å². The molecule has 92 valence electrons. The Morgan fingerprint density at radius 1 is 1.12 bits per heavy atom. The third kappa shape index (κ3) is 2.95. The Hall–Kier alpha value is -0.610. The molecule has 1 aliphatic carbocycles. The molecule has 1 heterocycles. The van der Waals surface area contributed by atoms with Gasteiger partial charge in [0.25, 0.3) is 0 Å². The zero-order valence-corrected chi connectivity index (χ0v) is 10.1. The Balaban J connectivity index is 1.71. The maximum atomic E-state index is 11.9. The molecule has 1 unspecified atom stereocenters. The van der Waals surface area contributed by atoms with Crippen molar-refractivity contribution in [3.8, 4) is 0 Å². The van der Waals surface area contributed by atoms with Gasteiger partial charge in [-0.3, -0.25) is 4.79 Å². The van der Waals surface area contributed by atoms with Crippen LogP contribution in [0.4, 0.5) is 0 Å². The summed E-state index contributed by atoms with van der Waals surface area (Å²) in [6.07, 6.45) is 6.72. The molecule has 0 aromatic heterocycles. The zero-order valence-electron chi connectivity index (χ0n) is 10.1. The van der Waals surface area contributed by atoms with E-state index in [4.69, 9.17) is 0 Å². The zero-order chi connectivity index (χ0) is 11.4. The minimum absolute atomic E-state index is 0.0713. The van der Waals surface area contributed by atoms with Crippen LogP contribution in [-0.2, 0) is 4.79 Å². The first-order chi connectivity index (χ1) is 7.79. The van der Waals surface area contributed by atoms with Crippen molar-refractivity contribution in [2.45, 2.75) is 56.7 Å². The van der Waals surface area contributed by atoms with Crippen LogP contribution in [-0.4, -0.2) is 37.6 Å². The fourth-order valence-electron chi connectivity index (χ4n) is 2.74.